The Morgan fingerprint density at radius 2 is 0.476 bits per heavy atom. The molecule has 1 atom stereocenters. The number of hydrogen-bond donors (Lipinski definition) is 0. The predicted molar refractivity (Wildman–Crippen MR) is 357 cm³/mol. The van der Waals surface area contributed by atoms with E-state index >= 15 is 0 Å². The van der Waals surface area contributed by atoms with Crippen LogP contribution in [0.1, 0.15) is 310 Å². The topological polar surface area (TPSA) is 78.9 Å². The van der Waals surface area contributed by atoms with Gasteiger partial charge in [-0.05, 0) is 122 Å². The molecule has 0 aromatic carbocycles. The Morgan fingerprint density at radius 1 is 0.256 bits per heavy atom. The molecule has 0 N–H and O–H groups in total. The van der Waals surface area contributed by atoms with Gasteiger partial charge < -0.3 is 14.2 Å². The molecule has 0 aliphatic carbocycles. The van der Waals surface area contributed by atoms with Crippen molar-refractivity contribution < 1.29 is 28.6 Å². The highest BCUT2D eigenvalue weighted by molar-refractivity contribution is 5.71. The van der Waals surface area contributed by atoms with Crippen LogP contribution in [0.2, 0.25) is 0 Å². The van der Waals surface area contributed by atoms with Crippen LogP contribution in [-0.2, 0) is 28.6 Å². The molecule has 6 heteroatoms. The van der Waals surface area contributed by atoms with Crippen LogP contribution in [0.4, 0.5) is 0 Å². The van der Waals surface area contributed by atoms with Crippen molar-refractivity contribution in [2.45, 2.75) is 316 Å². The largest absolute Gasteiger partial charge is 0.462 e. The van der Waals surface area contributed by atoms with Crippen molar-refractivity contribution in [3.8, 4) is 0 Å². The van der Waals surface area contributed by atoms with E-state index in [0.717, 1.165) is 116 Å². The van der Waals surface area contributed by atoms with Crippen molar-refractivity contribution >= 4 is 17.9 Å². The molecular formula is C76H126O6. The van der Waals surface area contributed by atoms with Crippen molar-refractivity contribution in [2.24, 2.45) is 0 Å². The summed E-state index contributed by atoms with van der Waals surface area (Å²) in [5.41, 5.74) is 0. The molecule has 0 rings (SSSR count). The van der Waals surface area contributed by atoms with Gasteiger partial charge in [-0.3, -0.25) is 14.4 Å². The van der Waals surface area contributed by atoms with Crippen LogP contribution in [0.15, 0.2) is 134 Å². The molecule has 0 aromatic rings. The maximum absolute atomic E-state index is 12.9. The molecule has 0 bridgehead atoms. The van der Waals surface area contributed by atoms with Crippen LogP contribution in [0, 0.1) is 0 Å². The summed E-state index contributed by atoms with van der Waals surface area (Å²) >= 11 is 0. The maximum atomic E-state index is 12.9. The summed E-state index contributed by atoms with van der Waals surface area (Å²) in [5.74, 6) is -0.937. The summed E-state index contributed by atoms with van der Waals surface area (Å²) in [5, 5.41) is 0. The lowest BCUT2D eigenvalue weighted by Crippen LogP contribution is -2.30. The smallest absolute Gasteiger partial charge is 0.306 e. The second kappa shape index (κ2) is 69.0. The second-order valence-electron chi connectivity index (χ2n) is 22.4. The molecule has 6 nitrogen and oxygen atoms in total. The summed E-state index contributed by atoms with van der Waals surface area (Å²) in [4.78, 5) is 38.3. The lowest BCUT2D eigenvalue weighted by atomic mass is 10.0. The molecule has 0 radical (unpaired) electrons. The molecule has 82 heavy (non-hydrogen) atoms. The Hall–Kier alpha value is -4.45. The monoisotopic (exact) mass is 1130 g/mol. The normalized spacial score (nSPS) is 13.0. The first-order chi connectivity index (χ1) is 40.5. The van der Waals surface area contributed by atoms with Crippen molar-refractivity contribution in [1.29, 1.82) is 0 Å². The average Bonchev–Trinajstić information content (AvgIpc) is 3.47. The van der Waals surface area contributed by atoms with E-state index < -0.39 is 6.10 Å². The van der Waals surface area contributed by atoms with Gasteiger partial charge in [0.25, 0.3) is 0 Å². The molecule has 1 unspecified atom stereocenters. The minimum absolute atomic E-state index is 0.0935. The van der Waals surface area contributed by atoms with Crippen molar-refractivity contribution in [3.63, 3.8) is 0 Å². The Balaban J connectivity index is 4.38. The van der Waals surface area contributed by atoms with Crippen LogP contribution in [0.25, 0.3) is 0 Å². The van der Waals surface area contributed by atoms with E-state index in [9.17, 15) is 14.4 Å². The number of allylic oxidation sites excluding steroid dienone is 22. The first-order valence-corrected chi connectivity index (χ1v) is 34.2. The molecule has 0 aliphatic heterocycles. The van der Waals surface area contributed by atoms with Gasteiger partial charge >= 0.3 is 17.9 Å². The Morgan fingerprint density at radius 3 is 0.780 bits per heavy atom. The van der Waals surface area contributed by atoms with Gasteiger partial charge in [-0.1, -0.05) is 302 Å². The molecule has 0 saturated heterocycles. The van der Waals surface area contributed by atoms with Gasteiger partial charge in [-0.15, -0.1) is 0 Å². The Labute approximate surface area is 506 Å². The highest BCUT2D eigenvalue weighted by atomic mass is 16.6. The standard InChI is InChI=1S/C76H126O6/c1-4-7-10-13-16-19-22-25-27-29-31-32-33-34-35-36-37-38-39-40-41-42-43-44-45-47-48-51-54-57-60-63-66-69-75(78)81-72-73(71-80-74(77)68-65-62-59-56-53-50-24-21-18-15-12-9-6-3)82-76(79)70-67-64-61-58-55-52-49-46-30-28-26-23-20-17-14-11-8-5-2/h7,10,16,19,25,27-28,30-32,34-35,37-38,40-41,43-44,47-48,54,57,73H,4-6,8-9,11-15,17-18,20-24,26,29,33,36,39,42,45-46,49-53,55-56,58-72H2,1-3H3/b10-7-,19-16-,27-25-,30-28-,32-31-,35-34-,38-37-,41-40-,44-43-,48-47-,57-54-. The van der Waals surface area contributed by atoms with Gasteiger partial charge in [0.2, 0.25) is 0 Å². The summed E-state index contributed by atoms with van der Waals surface area (Å²) < 4.78 is 16.9. The number of esters is 3. The lowest BCUT2D eigenvalue weighted by molar-refractivity contribution is -0.167. The zero-order valence-corrected chi connectivity index (χ0v) is 53.5. The lowest BCUT2D eigenvalue weighted by Gasteiger charge is -2.18. The van der Waals surface area contributed by atoms with Crippen molar-refractivity contribution in [1.82, 2.24) is 0 Å². The summed E-state index contributed by atoms with van der Waals surface area (Å²) in [6, 6.07) is 0. The minimum atomic E-state index is -0.801. The number of carbonyl (C=O) groups excluding carboxylic acids is 3. The van der Waals surface area contributed by atoms with E-state index in [1.54, 1.807) is 0 Å². The summed E-state index contributed by atoms with van der Waals surface area (Å²) in [6.07, 6.45) is 97.5. The fourth-order valence-electron chi connectivity index (χ4n) is 9.29. The van der Waals surface area contributed by atoms with Gasteiger partial charge in [0.05, 0.1) is 0 Å². The first kappa shape index (κ1) is 77.5. The fraction of sp³-hybridized carbons (Fsp3) is 0.671. The molecule has 0 heterocycles. The zero-order chi connectivity index (χ0) is 59.2. The minimum Gasteiger partial charge on any atom is -0.462 e. The van der Waals surface area contributed by atoms with Crippen molar-refractivity contribution in [3.05, 3.63) is 134 Å². The van der Waals surface area contributed by atoms with Gasteiger partial charge in [-0.25, -0.2) is 0 Å². The van der Waals surface area contributed by atoms with E-state index in [1.807, 2.05) is 0 Å². The van der Waals surface area contributed by atoms with Gasteiger partial charge in [0.1, 0.15) is 13.2 Å². The SMILES string of the molecule is CC/C=C\C/C=C\C/C=C\C/C=C\C/C=C\C/C=C\C/C=C\C/C=C\C/C=C\C/C=C\CCCCC(=O)OCC(COC(=O)CCCCCCCCCCCCCCC)OC(=O)CCCCCCCCC/C=C\CCCCCCCCC. The molecule has 0 amide bonds. The summed E-state index contributed by atoms with van der Waals surface area (Å²) in [7, 11) is 0. The molecule has 0 saturated carbocycles. The molecule has 466 valence electrons. The summed E-state index contributed by atoms with van der Waals surface area (Å²) in [6.45, 7) is 6.50. The third-order valence-corrected chi connectivity index (χ3v) is 14.4. The number of unbranched alkanes of at least 4 members (excludes halogenated alkanes) is 28. The van der Waals surface area contributed by atoms with Gasteiger partial charge in [0.15, 0.2) is 6.10 Å². The Bertz CT molecular complexity index is 1730. The van der Waals surface area contributed by atoms with E-state index in [-0.39, 0.29) is 31.1 Å². The van der Waals surface area contributed by atoms with Crippen LogP contribution in [-0.4, -0.2) is 37.2 Å². The third kappa shape index (κ3) is 66.4. The maximum Gasteiger partial charge on any atom is 0.306 e. The third-order valence-electron chi connectivity index (χ3n) is 14.4. The number of carbonyl (C=O) groups is 3. The molecule has 0 aromatic heterocycles. The quantitative estimate of drug-likeness (QED) is 0.0261. The average molecular weight is 1140 g/mol. The van der Waals surface area contributed by atoms with Gasteiger partial charge in [-0.2, -0.15) is 0 Å². The van der Waals surface area contributed by atoms with Crippen LogP contribution in [0.3, 0.4) is 0 Å². The highest BCUT2D eigenvalue weighted by Crippen LogP contribution is 2.16. The van der Waals surface area contributed by atoms with Crippen molar-refractivity contribution in [2.75, 3.05) is 13.2 Å². The van der Waals surface area contributed by atoms with Crippen LogP contribution in [0.5, 0.6) is 0 Å². The molecule has 0 spiro atoms. The second-order valence-corrected chi connectivity index (χ2v) is 22.4. The van der Waals surface area contributed by atoms with Crippen LogP contribution >= 0.6 is 0 Å². The van der Waals surface area contributed by atoms with E-state index in [4.69, 9.17) is 14.2 Å². The van der Waals surface area contributed by atoms with Gasteiger partial charge in [0, 0.05) is 19.3 Å². The highest BCUT2D eigenvalue weighted by Gasteiger charge is 2.19. The van der Waals surface area contributed by atoms with E-state index in [1.165, 1.54) is 148 Å². The van der Waals surface area contributed by atoms with E-state index in [0.29, 0.717) is 25.7 Å². The molecular weight excluding hydrogens is 1010 g/mol. The first-order valence-electron chi connectivity index (χ1n) is 34.2. The predicted octanol–water partition coefficient (Wildman–Crippen LogP) is 23.7. The van der Waals surface area contributed by atoms with E-state index in [2.05, 4.69) is 154 Å². The number of hydrogen-bond acceptors (Lipinski definition) is 6. The zero-order valence-electron chi connectivity index (χ0n) is 53.5. The number of ether oxygens (including phenoxy) is 3. The Kier molecular flexibility index (Phi) is 65.3. The fourth-order valence-corrected chi connectivity index (χ4v) is 9.29. The molecule has 0 fully saturated rings. The number of rotatable bonds is 61. The molecule has 0 aliphatic rings. The van der Waals surface area contributed by atoms with Crippen LogP contribution < -0.4 is 0 Å².